The number of imide groups is 1. The molecule has 6 nitrogen and oxygen atoms in total. The van der Waals surface area contributed by atoms with Crippen LogP contribution in [-0.2, 0) is 4.79 Å². The van der Waals surface area contributed by atoms with Gasteiger partial charge in [-0.25, -0.2) is 4.79 Å². The first kappa shape index (κ1) is 11.8. The van der Waals surface area contributed by atoms with Crippen LogP contribution in [0.5, 0.6) is 0 Å². The van der Waals surface area contributed by atoms with E-state index in [-0.39, 0.29) is 5.91 Å². The third-order valence-corrected chi connectivity index (χ3v) is 3.91. The number of anilines is 2. The van der Waals surface area contributed by atoms with E-state index in [1.54, 1.807) is 0 Å². The minimum atomic E-state index is -0.725. The van der Waals surface area contributed by atoms with Crippen molar-refractivity contribution in [1.82, 2.24) is 10.6 Å². The fourth-order valence-corrected chi connectivity index (χ4v) is 2.79. The monoisotopic (exact) mass is 260 g/mol. The lowest BCUT2D eigenvalue weighted by atomic mass is 9.87. The van der Waals surface area contributed by atoms with E-state index in [0.717, 1.165) is 11.4 Å². The van der Waals surface area contributed by atoms with Gasteiger partial charge in [0.2, 0.25) is 0 Å². The Balaban J connectivity index is 1.75. The summed E-state index contributed by atoms with van der Waals surface area (Å²) >= 11 is 0. The Labute approximate surface area is 110 Å². The van der Waals surface area contributed by atoms with Gasteiger partial charge >= 0.3 is 6.03 Å². The van der Waals surface area contributed by atoms with Crippen LogP contribution in [-0.4, -0.2) is 30.6 Å². The van der Waals surface area contributed by atoms with E-state index in [2.05, 4.69) is 15.5 Å². The van der Waals surface area contributed by atoms with Crippen LogP contribution < -0.4 is 21.3 Å². The van der Waals surface area contributed by atoms with Crippen molar-refractivity contribution in [2.75, 3.05) is 23.7 Å². The number of carbonyl (C=O) groups is 2. The average Bonchev–Trinajstić information content (AvgIpc) is 2.66. The number of urea groups is 1. The number of amides is 3. The Morgan fingerprint density at radius 2 is 1.84 bits per heavy atom. The van der Waals surface area contributed by atoms with Crippen molar-refractivity contribution in [1.29, 1.82) is 0 Å². The van der Waals surface area contributed by atoms with Gasteiger partial charge in [-0.3, -0.25) is 10.1 Å². The molecule has 100 valence electrons. The lowest BCUT2D eigenvalue weighted by Crippen LogP contribution is -2.55. The molecule has 3 rings (SSSR count). The van der Waals surface area contributed by atoms with Crippen molar-refractivity contribution in [2.24, 2.45) is 0 Å². The zero-order valence-electron chi connectivity index (χ0n) is 10.5. The van der Waals surface area contributed by atoms with E-state index in [9.17, 15) is 9.59 Å². The van der Waals surface area contributed by atoms with Crippen LogP contribution in [0.3, 0.4) is 0 Å². The fourth-order valence-electron chi connectivity index (χ4n) is 2.79. The smallest absolute Gasteiger partial charge is 0.322 e. The first-order chi connectivity index (χ1) is 9.11. The Morgan fingerprint density at radius 1 is 1.16 bits per heavy atom. The highest BCUT2D eigenvalue weighted by atomic mass is 16.2. The Morgan fingerprint density at radius 3 is 2.42 bits per heavy atom. The average molecular weight is 260 g/mol. The summed E-state index contributed by atoms with van der Waals surface area (Å²) in [6, 6.07) is 7.29. The van der Waals surface area contributed by atoms with Crippen LogP contribution in [0.15, 0.2) is 24.3 Å². The van der Waals surface area contributed by atoms with E-state index in [1.807, 2.05) is 24.3 Å². The topological polar surface area (TPSA) is 87.5 Å². The highest BCUT2D eigenvalue weighted by molar-refractivity contribution is 6.07. The minimum absolute atomic E-state index is 0.210. The third-order valence-electron chi connectivity index (χ3n) is 3.91. The molecule has 3 amide bonds. The number of carbonyl (C=O) groups excluding carboxylic acids is 2. The molecule has 0 radical (unpaired) electrons. The SMILES string of the molecule is Nc1ccccc1N1CCC2(CC1)NC(=O)NC2=O. The molecule has 0 unspecified atom stereocenters. The maximum absolute atomic E-state index is 11.8. The van der Waals surface area contributed by atoms with Crippen molar-refractivity contribution >= 4 is 23.3 Å². The van der Waals surface area contributed by atoms with E-state index < -0.39 is 11.6 Å². The Hall–Kier alpha value is -2.24. The first-order valence-corrected chi connectivity index (χ1v) is 6.34. The molecule has 0 aromatic heterocycles. The predicted octanol–water partition coefficient (Wildman–Crippen LogP) is 0.447. The summed E-state index contributed by atoms with van der Waals surface area (Å²) in [6.45, 7) is 1.39. The number of hydrogen-bond donors (Lipinski definition) is 3. The van der Waals surface area contributed by atoms with Gasteiger partial charge in [-0.15, -0.1) is 0 Å². The molecule has 19 heavy (non-hydrogen) atoms. The van der Waals surface area contributed by atoms with E-state index in [1.165, 1.54) is 0 Å². The number of piperidine rings is 1. The molecule has 2 aliphatic heterocycles. The minimum Gasteiger partial charge on any atom is -0.397 e. The van der Waals surface area contributed by atoms with Gasteiger partial charge in [-0.1, -0.05) is 12.1 Å². The van der Waals surface area contributed by atoms with Crippen molar-refractivity contribution in [3.8, 4) is 0 Å². The maximum Gasteiger partial charge on any atom is 0.322 e. The van der Waals surface area contributed by atoms with Gasteiger partial charge in [-0.05, 0) is 25.0 Å². The van der Waals surface area contributed by atoms with Gasteiger partial charge in [-0.2, -0.15) is 0 Å². The molecule has 0 bridgehead atoms. The van der Waals surface area contributed by atoms with E-state index >= 15 is 0 Å². The molecule has 0 aliphatic carbocycles. The largest absolute Gasteiger partial charge is 0.397 e. The highest BCUT2D eigenvalue weighted by Gasteiger charge is 2.47. The summed E-state index contributed by atoms with van der Waals surface area (Å²) in [6.07, 6.45) is 1.19. The van der Waals surface area contributed by atoms with Crippen LogP contribution in [0, 0.1) is 0 Å². The van der Waals surface area contributed by atoms with Crippen molar-refractivity contribution in [3.05, 3.63) is 24.3 Å². The number of nitrogens with one attached hydrogen (secondary N) is 2. The molecule has 2 heterocycles. The normalized spacial score (nSPS) is 21.4. The number of benzene rings is 1. The van der Waals surface area contributed by atoms with Gasteiger partial charge < -0.3 is 16.0 Å². The van der Waals surface area contributed by atoms with Crippen LogP contribution in [0.25, 0.3) is 0 Å². The molecule has 0 saturated carbocycles. The fraction of sp³-hybridized carbons (Fsp3) is 0.385. The molecule has 6 heteroatoms. The number of nitrogen functional groups attached to an aromatic ring is 1. The number of nitrogens with zero attached hydrogens (tertiary/aromatic N) is 1. The molecule has 1 spiro atoms. The number of nitrogens with two attached hydrogens (primary N) is 1. The molecule has 2 saturated heterocycles. The van der Waals surface area contributed by atoms with Crippen molar-refractivity contribution < 1.29 is 9.59 Å². The van der Waals surface area contributed by atoms with Gasteiger partial charge in [0.05, 0.1) is 11.4 Å². The summed E-state index contributed by atoms with van der Waals surface area (Å²) in [5.74, 6) is -0.210. The second kappa shape index (κ2) is 4.15. The summed E-state index contributed by atoms with van der Waals surface area (Å²) in [4.78, 5) is 25.2. The van der Waals surface area contributed by atoms with Crippen LogP contribution >= 0.6 is 0 Å². The Bertz CT molecular complexity index is 535. The lowest BCUT2D eigenvalue weighted by molar-refractivity contribution is -0.124. The molecular weight excluding hydrogens is 244 g/mol. The van der Waals surface area contributed by atoms with Crippen molar-refractivity contribution in [2.45, 2.75) is 18.4 Å². The summed E-state index contributed by atoms with van der Waals surface area (Å²) in [5, 5.41) is 5.06. The Kier molecular flexibility index (Phi) is 2.58. The van der Waals surface area contributed by atoms with Crippen LogP contribution in [0.4, 0.5) is 16.2 Å². The highest BCUT2D eigenvalue weighted by Crippen LogP contribution is 2.31. The van der Waals surface area contributed by atoms with Crippen LogP contribution in [0.1, 0.15) is 12.8 Å². The van der Waals surface area contributed by atoms with Gasteiger partial charge in [0, 0.05) is 13.1 Å². The molecule has 2 aliphatic rings. The quantitative estimate of drug-likeness (QED) is 0.505. The van der Waals surface area contributed by atoms with Crippen molar-refractivity contribution in [3.63, 3.8) is 0 Å². The third kappa shape index (κ3) is 1.89. The maximum atomic E-state index is 11.8. The lowest BCUT2D eigenvalue weighted by Gasteiger charge is -2.38. The summed E-state index contributed by atoms with van der Waals surface area (Å²) in [5.41, 5.74) is 6.95. The molecule has 4 N–H and O–H groups in total. The first-order valence-electron chi connectivity index (χ1n) is 6.34. The zero-order valence-corrected chi connectivity index (χ0v) is 10.5. The molecule has 1 aromatic carbocycles. The van der Waals surface area contributed by atoms with Gasteiger partial charge in [0.25, 0.3) is 5.91 Å². The second-order valence-electron chi connectivity index (χ2n) is 5.04. The molecule has 1 aromatic rings. The summed E-state index contributed by atoms with van der Waals surface area (Å²) < 4.78 is 0. The molecule has 0 atom stereocenters. The predicted molar refractivity (Wildman–Crippen MR) is 71.7 cm³/mol. The number of para-hydroxylation sites is 2. The van der Waals surface area contributed by atoms with Gasteiger partial charge in [0.1, 0.15) is 5.54 Å². The second-order valence-corrected chi connectivity index (χ2v) is 5.04. The van der Waals surface area contributed by atoms with Gasteiger partial charge in [0.15, 0.2) is 0 Å². The summed E-state index contributed by atoms with van der Waals surface area (Å²) in [7, 11) is 0. The van der Waals surface area contributed by atoms with E-state index in [0.29, 0.717) is 25.9 Å². The number of hydrogen-bond acceptors (Lipinski definition) is 4. The molecule has 2 fully saturated rings. The standard InChI is InChI=1S/C13H16N4O2/c14-9-3-1-2-4-10(9)17-7-5-13(6-8-17)11(18)15-12(19)16-13/h1-4H,5-8,14H2,(H2,15,16,18,19). The number of rotatable bonds is 1. The molecular formula is C13H16N4O2. The van der Waals surface area contributed by atoms with E-state index in [4.69, 9.17) is 5.73 Å². The van der Waals surface area contributed by atoms with Crippen LogP contribution in [0.2, 0.25) is 0 Å². The zero-order chi connectivity index (χ0) is 13.5.